The Morgan fingerprint density at radius 1 is 1.31 bits per heavy atom. The van der Waals surface area contributed by atoms with Gasteiger partial charge in [-0.2, -0.15) is 13.1 Å². The molecule has 0 radical (unpaired) electrons. The Hall–Kier alpha value is -2.61. The molecule has 1 aromatic carbocycles. The van der Waals surface area contributed by atoms with E-state index in [4.69, 9.17) is 9.29 Å². The van der Waals surface area contributed by atoms with Gasteiger partial charge in [0.15, 0.2) is 5.70 Å². The molecule has 3 rings (SSSR count). The van der Waals surface area contributed by atoms with Crippen LogP contribution in [0.15, 0.2) is 41.8 Å². The molecule has 0 bridgehead atoms. The summed E-state index contributed by atoms with van der Waals surface area (Å²) < 4.78 is 38.5. The second kappa shape index (κ2) is 8.02. The van der Waals surface area contributed by atoms with Crippen molar-refractivity contribution in [3.05, 3.63) is 47.4 Å². The smallest absolute Gasteiger partial charge is 0.356 e. The highest BCUT2D eigenvalue weighted by molar-refractivity contribution is 8.00. The summed E-state index contributed by atoms with van der Waals surface area (Å²) in [6.07, 6.45) is 0. The van der Waals surface area contributed by atoms with E-state index in [1.807, 2.05) is 4.72 Å². The molecule has 0 aliphatic carbocycles. The molecule has 1 aromatic rings. The minimum absolute atomic E-state index is 0.132. The molecule has 1 fully saturated rings. The standard InChI is InChI=1S/C16H17N3O8S2/c1-27-9-7-28-15-11(14(21)19(15)12(9)16(22)23)17-13(20)10(18-29(24,25)26)8-5-3-2-4-6-8/h2-6,10-11,15,18H,7H2,1H3,(H,17,20)(H,22,23)(H,24,25,26)/t10?,11-,15+/m1/s1. The van der Waals surface area contributed by atoms with Crippen LogP contribution in [0.1, 0.15) is 11.6 Å². The largest absolute Gasteiger partial charge is 0.498 e. The molecule has 2 aliphatic heterocycles. The average Bonchev–Trinajstić information content (AvgIpc) is 2.68. The zero-order valence-electron chi connectivity index (χ0n) is 14.9. The molecule has 1 saturated heterocycles. The third-order valence-corrected chi connectivity index (χ3v) is 6.13. The number of aliphatic carboxylic acids is 1. The number of rotatable bonds is 7. The number of nitrogens with one attached hydrogen (secondary N) is 2. The third-order valence-electron chi connectivity index (χ3n) is 4.34. The summed E-state index contributed by atoms with van der Waals surface area (Å²) in [6, 6.07) is 5.21. The Bertz CT molecular complexity index is 979. The first kappa shape index (κ1) is 21.1. The molecule has 1 unspecified atom stereocenters. The lowest BCUT2D eigenvalue weighted by Crippen LogP contribution is -2.71. The number of β-lactam (4-membered cyclic amide) rings is 1. The van der Waals surface area contributed by atoms with Gasteiger partial charge in [-0.3, -0.25) is 19.0 Å². The van der Waals surface area contributed by atoms with Crippen molar-refractivity contribution in [1.29, 1.82) is 0 Å². The first-order valence-corrected chi connectivity index (χ1v) is 10.7. The van der Waals surface area contributed by atoms with Crippen molar-refractivity contribution in [1.82, 2.24) is 14.9 Å². The number of methoxy groups -OCH3 is 1. The summed E-state index contributed by atoms with van der Waals surface area (Å²) in [4.78, 5) is 37.7. The number of carboxylic acid groups (broad SMARTS) is 1. The van der Waals surface area contributed by atoms with Crippen LogP contribution in [0.4, 0.5) is 0 Å². The van der Waals surface area contributed by atoms with Crippen LogP contribution >= 0.6 is 11.8 Å². The Kier molecular flexibility index (Phi) is 5.84. The topological polar surface area (TPSA) is 162 Å². The molecule has 156 valence electrons. The van der Waals surface area contributed by atoms with Gasteiger partial charge in [-0.05, 0) is 5.56 Å². The lowest BCUT2D eigenvalue weighted by atomic mass is 10.0. The quantitative estimate of drug-likeness (QED) is 0.320. The Labute approximate surface area is 170 Å². The predicted molar refractivity (Wildman–Crippen MR) is 101 cm³/mol. The first-order valence-electron chi connectivity index (χ1n) is 8.19. The van der Waals surface area contributed by atoms with Crippen LogP contribution in [0.3, 0.4) is 0 Å². The van der Waals surface area contributed by atoms with Gasteiger partial charge in [0, 0.05) is 0 Å². The zero-order valence-corrected chi connectivity index (χ0v) is 16.6. The number of benzene rings is 1. The molecule has 2 heterocycles. The fourth-order valence-electron chi connectivity index (χ4n) is 3.05. The van der Waals surface area contributed by atoms with Crippen LogP contribution in [0.5, 0.6) is 0 Å². The SMILES string of the molecule is COC1=C(C(=O)O)N2C(=O)[C@@H](NC(=O)C(NS(=O)(=O)O)c3ccccc3)[C@@H]2SC1. The minimum Gasteiger partial charge on any atom is -0.498 e. The van der Waals surface area contributed by atoms with E-state index in [0.29, 0.717) is 0 Å². The molecule has 2 amide bonds. The van der Waals surface area contributed by atoms with Crippen molar-refractivity contribution in [2.24, 2.45) is 0 Å². The molecule has 11 nitrogen and oxygen atoms in total. The van der Waals surface area contributed by atoms with Crippen LogP contribution in [-0.4, -0.2) is 65.0 Å². The van der Waals surface area contributed by atoms with Crippen molar-refractivity contribution in [3.63, 3.8) is 0 Å². The van der Waals surface area contributed by atoms with Crippen molar-refractivity contribution >= 4 is 39.8 Å². The van der Waals surface area contributed by atoms with E-state index in [1.54, 1.807) is 18.2 Å². The number of carbonyl (C=O) groups excluding carboxylic acids is 2. The van der Waals surface area contributed by atoms with Gasteiger partial charge in [0.05, 0.1) is 12.9 Å². The number of hydrogen-bond donors (Lipinski definition) is 4. The molecule has 2 aliphatic rings. The number of fused-ring (bicyclic) bond motifs is 1. The normalized spacial score (nSPS) is 22.4. The summed E-state index contributed by atoms with van der Waals surface area (Å²) in [5.74, 6) is -2.55. The molecular weight excluding hydrogens is 426 g/mol. The summed E-state index contributed by atoms with van der Waals surface area (Å²) in [5, 5.41) is 11.1. The lowest BCUT2D eigenvalue weighted by Gasteiger charge is -2.49. The van der Waals surface area contributed by atoms with Crippen molar-refractivity contribution in [3.8, 4) is 0 Å². The van der Waals surface area contributed by atoms with Gasteiger partial charge >= 0.3 is 16.3 Å². The van der Waals surface area contributed by atoms with Crippen molar-refractivity contribution in [2.45, 2.75) is 17.5 Å². The highest BCUT2D eigenvalue weighted by atomic mass is 32.2. The van der Waals surface area contributed by atoms with Crippen molar-refractivity contribution in [2.75, 3.05) is 12.9 Å². The predicted octanol–water partition coefficient (Wildman–Crippen LogP) is -0.537. The second-order valence-corrected chi connectivity index (χ2v) is 8.40. The van der Waals surface area contributed by atoms with Gasteiger partial charge in [-0.15, -0.1) is 11.8 Å². The van der Waals surface area contributed by atoms with E-state index in [1.165, 1.54) is 31.0 Å². The highest BCUT2D eigenvalue weighted by Crippen LogP contribution is 2.40. The summed E-state index contributed by atoms with van der Waals surface area (Å²) >= 11 is 1.20. The van der Waals surface area contributed by atoms with Crippen LogP contribution in [0.2, 0.25) is 0 Å². The summed E-state index contributed by atoms with van der Waals surface area (Å²) in [6.45, 7) is 0. The van der Waals surface area contributed by atoms with E-state index in [-0.39, 0.29) is 22.8 Å². The van der Waals surface area contributed by atoms with Gasteiger partial charge in [0.1, 0.15) is 23.2 Å². The average molecular weight is 443 g/mol. The van der Waals surface area contributed by atoms with Gasteiger partial charge in [-0.1, -0.05) is 30.3 Å². The molecule has 0 aromatic heterocycles. The van der Waals surface area contributed by atoms with Crippen LogP contribution in [0.25, 0.3) is 0 Å². The Balaban J connectivity index is 1.81. The van der Waals surface area contributed by atoms with E-state index in [2.05, 4.69) is 5.32 Å². The van der Waals surface area contributed by atoms with Gasteiger partial charge in [0.2, 0.25) is 5.91 Å². The molecular formula is C16H17N3O8S2. The van der Waals surface area contributed by atoms with Gasteiger partial charge in [0.25, 0.3) is 5.91 Å². The fourth-order valence-corrected chi connectivity index (χ4v) is 4.90. The maximum atomic E-state index is 12.7. The molecule has 3 atom stereocenters. The zero-order chi connectivity index (χ0) is 21.3. The summed E-state index contributed by atoms with van der Waals surface area (Å²) in [5.41, 5.74) is -0.0437. The van der Waals surface area contributed by atoms with Crippen molar-refractivity contribution < 1.29 is 37.2 Å². The molecule has 0 saturated carbocycles. The van der Waals surface area contributed by atoms with Crippen LogP contribution in [0, 0.1) is 0 Å². The van der Waals surface area contributed by atoms with Gasteiger partial charge in [-0.25, -0.2) is 4.79 Å². The Morgan fingerprint density at radius 3 is 2.52 bits per heavy atom. The number of carboxylic acids is 1. The van der Waals surface area contributed by atoms with E-state index in [9.17, 15) is 27.9 Å². The Morgan fingerprint density at radius 2 is 1.97 bits per heavy atom. The number of carbonyl (C=O) groups is 3. The number of thioether (sulfide) groups is 1. The molecule has 4 N–H and O–H groups in total. The van der Waals surface area contributed by atoms with E-state index in [0.717, 1.165) is 4.90 Å². The van der Waals surface area contributed by atoms with Gasteiger partial charge < -0.3 is 15.2 Å². The highest BCUT2D eigenvalue weighted by Gasteiger charge is 2.55. The maximum Gasteiger partial charge on any atom is 0.356 e. The number of amides is 2. The van der Waals surface area contributed by atoms with Crippen LogP contribution < -0.4 is 10.0 Å². The first-order chi connectivity index (χ1) is 13.6. The monoisotopic (exact) mass is 443 g/mol. The number of nitrogens with zero attached hydrogens (tertiary/aromatic N) is 1. The number of hydrogen-bond acceptors (Lipinski definition) is 7. The van der Waals surface area contributed by atoms with E-state index < -0.39 is 45.5 Å². The second-order valence-electron chi connectivity index (χ2n) is 6.11. The summed E-state index contributed by atoms with van der Waals surface area (Å²) in [7, 11) is -3.42. The van der Waals surface area contributed by atoms with Crippen LogP contribution in [-0.2, 0) is 29.4 Å². The molecule has 13 heteroatoms. The molecule has 0 spiro atoms. The lowest BCUT2D eigenvalue weighted by molar-refractivity contribution is -0.151. The number of ether oxygens (including phenoxy) is 1. The maximum absolute atomic E-state index is 12.7. The fraction of sp³-hybridized carbons (Fsp3) is 0.312. The molecule has 29 heavy (non-hydrogen) atoms. The minimum atomic E-state index is -4.72. The van der Waals surface area contributed by atoms with E-state index >= 15 is 0 Å². The third kappa shape index (κ3) is 4.22.